The molecule has 1 aliphatic heterocycles. The van der Waals surface area contributed by atoms with Crippen molar-refractivity contribution >= 4 is 15.9 Å². The summed E-state index contributed by atoms with van der Waals surface area (Å²) in [6.07, 6.45) is 2.59. The van der Waals surface area contributed by atoms with Gasteiger partial charge in [-0.3, -0.25) is 0 Å². The first-order valence-electron chi connectivity index (χ1n) is 6.24. The van der Waals surface area contributed by atoms with E-state index in [0.29, 0.717) is 18.1 Å². The fourth-order valence-electron chi connectivity index (χ4n) is 2.65. The van der Waals surface area contributed by atoms with Crippen LogP contribution in [0.4, 0.5) is 0 Å². The van der Waals surface area contributed by atoms with E-state index in [1.807, 2.05) is 7.05 Å². The second kappa shape index (κ2) is 5.98. The highest BCUT2D eigenvalue weighted by molar-refractivity contribution is 9.10. The van der Waals surface area contributed by atoms with Crippen LogP contribution in [-0.2, 0) is 11.2 Å². The lowest BCUT2D eigenvalue weighted by Crippen LogP contribution is -2.38. The van der Waals surface area contributed by atoms with E-state index in [1.165, 1.54) is 10.0 Å². The number of ether oxygens (including phenoxy) is 1. The molecule has 1 N–H and O–H groups in total. The molecule has 0 amide bonds. The van der Waals surface area contributed by atoms with E-state index in [0.717, 1.165) is 19.4 Å². The molecule has 0 radical (unpaired) electrons. The molecule has 1 saturated heterocycles. The van der Waals surface area contributed by atoms with Crippen LogP contribution in [-0.4, -0.2) is 25.8 Å². The smallest absolute Gasteiger partial charge is 0.0590 e. The number of hydrogen-bond acceptors (Lipinski definition) is 2. The fraction of sp³-hybridized carbons (Fsp3) is 0.571. The largest absolute Gasteiger partial charge is 0.378 e. The predicted octanol–water partition coefficient (Wildman–Crippen LogP) is 3.00. The topological polar surface area (TPSA) is 21.3 Å². The average Bonchev–Trinajstić information content (AvgIpc) is 2.75. The van der Waals surface area contributed by atoms with Gasteiger partial charge in [-0.15, -0.1) is 0 Å². The van der Waals surface area contributed by atoms with E-state index >= 15 is 0 Å². The van der Waals surface area contributed by atoms with Crippen molar-refractivity contribution in [3.63, 3.8) is 0 Å². The maximum atomic E-state index is 5.66. The zero-order valence-corrected chi connectivity index (χ0v) is 12.0. The van der Waals surface area contributed by atoms with Crippen molar-refractivity contribution in [3.05, 3.63) is 34.3 Å². The molecule has 3 heteroatoms. The molecule has 0 spiro atoms. The van der Waals surface area contributed by atoms with E-state index in [1.54, 1.807) is 0 Å². The minimum atomic E-state index is 0.370. The van der Waals surface area contributed by atoms with E-state index in [-0.39, 0.29) is 0 Å². The van der Waals surface area contributed by atoms with Gasteiger partial charge in [0.2, 0.25) is 0 Å². The maximum absolute atomic E-state index is 5.66. The third-order valence-corrected chi connectivity index (χ3v) is 4.49. The van der Waals surface area contributed by atoms with Gasteiger partial charge in [0.1, 0.15) is 0 Å². The van der Waals surface area contributed by atoms with Crippen molar-refractivity contribution in [1.82, 2.24) is 5.32 Å². The first-order valence-corrected chi connectivity index (χ1v) is 7.04. The quantitative estimate of drug-likeness (QED) is 0.922. The summed E-state index contributed by atoms with van der Waals surface area (Å²) in [4.78, 5) is 0. The second-order valence-electron chi connectivity index (χ2n) is 4.72. The summed E-state index contributed by atoms with van der Waals surface area (Å²) < 4.78 is 6.87. The number of halogens is 1. The van der Waals surface area contributed by atoms with Gasteiger partial charge in [-0.05, 0) is 38.4 Å². The van der Waals surface area contributed by atoms with Crippen molar-refractivity contribution in [2.75, 3.05) is 13.7 Å². The molecule has 0 saturated carbocycles. The Morgan fingerprint density at radius 1 is 1.47 bits per heavy atom. The van der Waals surface area contributed by atoms with Crippen LogP contribution in [0.25, 0.3) is 0 Å². The molecule has 94 valence electrons. The van der Waals surface area contributed by atoms with E-state index < -0.39 is 0 Å². The van der Waals surface area contributed by atoms with Gasteiger partial charge in [-0.2, -0.15) is 0 Å². The van der Waals surface area contributed by atoms with E-state index in [4.69, 9.17) is 4.74 Å². The minimum absolute atomic E-state index is 0.370. The molecular weight excluding hydrogens is 278 g/mol. The number of benzene rings is 1. The van der Waals surface area contributed by atoms with E-state index in [9.17, 15) is 0 Å². The Morgan fingerprint density at radius 3 is 2.82 bits per heavy atom. The highest BCUT2D eigenvalue weighted by Crippen LogP contribution is 2.27. The van der Waals surface area contributed by atoms with Crippen LogP contribution in [0.1, 0.15) is 18.9 Å². The van der Waals surface area contributed by atoms with Crippen LogP contribution in [0, 0.1) is 5.92 Å². The monoisotopic (exact) mass is 297 g/mol. The molecule has 3 unspecified atom stereocenters. The summed E-state index contributed by atoms with van der Waals surface area (Å²) in [7, 11) is 2.05. The zero-order chi connectivity index (χ0) is 12.3. The lowest BCUT2D eigenvalue weighted by molar-refractivity contribution is 0.0963. The Morgan fingerprint density at radius 2 is 2.24 bits per heavy atom. The van der Waals surface area contributed by atoms with Crippen molar-refractivity contribution < 1.29 is 4.74 Å². The molecule has 1 heterocycles. The molecule has 1 aromatic carbocycles. The van der Waals surface area contributed by atoms with Gasteiger partial charge in [0.25, 0.3) is 0 Å². The van der Waals surface area contributed by atoms with Gasteiger partial charge in [-0.25, -0.2) is 0 Å². The minimum Gasteiger partial charge on any atom is -0.378 e. The molecule has 2 nitrogen and oxygen atoms in total. The summed E-state index contributed by atoms with van der Waals surface area (Å²) in [5.74, 6) is 0.618. The normalized spacial score (nSPS) is 26.1. The molecule has 3 atom stereocenters. The molecule has 0 bridgehead atoms. The summed E-state index contributed by atoms with van der Waals surface area (Å²) >= 11 is 3.62. The molecule has 1 aliphatic rings. The number of likely N-dealkylation sites (N-methyl/N-ethyl adjacent to an activating group) is 1. The number of nitrogens with one attached hydrogen (secondary N) is 1. The van der Waals surface area contributed by atoms with Gasteiger partial charge < -0.3 is 10.1 Å². The fourth-order valence-corrected chi connectivity index (χ4v) is 3.09. The third-order valence-electron chi connectivity index (χ3n) is 3.72. The molecule has 0 aliphatic carbocycles. The van der Waals surface area contributed by atoms with Gasteiger partial charge in [-0.1, -0.05) is 34.1 Å². The molecule has 2 rings (SSSR count). The van der Waals surface area contributed by atoms with Gasteiger partial charge in [0, 0.05) is 23.0 Å². The van der Waals surface area contributed by atoms with Crippen LogP contribution in [0.5, 0.6) is 0 Å². The lowest BCUT2D eigenvalue weighted by atomic mass is 9.89. The third kappa shape index (κ3) is 3.09. The summed E-state index contributed by atoms with van der Waals surface area (Å²) in [5.41, 5.74) is 1.37. The second-order valence-corrected chi connectivity index (χ2v) is 5.57. The van der Waals surface area contributed by atoms with Crippen LogP contribution in [0.3, 0.4) is 0 Å². The standard InChI is InChI=1S/C14H20BrNO/c1-10-12(7-8-17-10)14(16-2)9-11-5-3-4-6-13(11)15/h3-6,10,12,14,16H,7-9H2,1-2H3. The maximum Gasteiger partial charge on any atom is 0.0590 e. The van der Waals surface area contributed by atoms with Gasteiger partial charge in [0.15, 0.2) is 0 Å². The summed E-state index contributed by atoms with van der Waals surface area (Å²) in [6, 6.07) is 8.95. The number of hydrogen-bond donors (Lipinski definition) is 1. The first kappa shape index (κ1) is 13.1. The Bertz CT molecular complexity index is 369. The van der Waals surface area contributed by atoms with Crippen molar-refractivity contribution in [3.8, 4) is 0 Å². The van der Waals surface area contributed by atoms with Crippen LogP contribution < -0.4 is 5.32 Å². The van der Waals surface area contributed by atoms with E-state index in [2.05, 4.69) is 52.4 Å². The van der Waals surface area contributed by atoms with Crippen LogP contribution >= 0.6 is 15.9 Å². The van der Waals surface area contributed by atoms with Crippen molar-refractivity contribution in [2.24, 2.45) is 5.92 Å². The van der Waals surface area contributed by atoms with Crippen molar-refractivity contribution in [2.45, 2.75) is 31.9 Å². The summed E-state index contributed by atoms with van der Waals surface area (Å²) in [5, 5.41) is 3.45. The number of rotatable bonds is 4. The molecule has 0 aromatic heterocycles. The van der Waals surface area contributed by atoms with Crippen molar-refractivity contribution in [1.29, 1.82) is 0 Å². The average molecular weight is 298 g/mol. The SMILES string of the molecule is CNC(Cc1ccccc1Br)C1CCOC1C. The van der Waals surface area contributed by atoms with Gasteiger partial charge >= 0.3 is 0 Å². The van der Waals surface area contributed by atoms with Gasteiger partial charge in [0.05, 0.1) is 6.10 Å². The highest BCUT2D eigenvalue weighted by Gasteiger charge is 2.31. The lowest BCUT2D eigenvalue weighted by Gasteiger charge is -2.26. The predicted molar refractivity (Wildman–Crippen MR) is 74.2 cm³/mol. The van der Waals surface area contributed by atoms with Crippen LogP contribution in [0.15, 0.2) is 28.7 Å². The molecular formula is C14H20BrNO. The Balaban J connectivity index is 2.07. The molecule has 1 fully saturated rings. The molecule has 17 heavy (non-hydrogen) atoms. The van der Waals surface area contributed by atoms with Crippen LogP contribution in [0.2, 0.25) is 0 Å². The Hall–Kier alpha value is -0.380. The Labute approximate surface area is 112 Å². The Kier molecular flexibility index (Phi) is 4.60. The highest BCUT2D eigenvalue weighted by atomic mass is 79.9. The first-order chi connectivity index (χ1) is 8.22. The molecule has 1 aromatic rings. The summed E-state index contributed by atoms with van der Waals surface area (Å²) in [6.45, 7) is 3.09. The zero-order valence-electron chi connectivity index (χ0n) is 10.4.